The quantitative estimate of drug-likeness (QED) is 0.135. The number of furan rings is 5. The Labute approximate surface area is 794 Å². The van der Waals surface area contributed by atoms with E-state index < -0.39 is 63.2 Å². The lowest BCUT2D eigenvalue weighted by molar-refractivity contribution is 0.602. The van der Waals surface area contributed by atoms with E-state index in [1.54, 1.807) is 40.4 Å². The van der Waals surface area contributed by atoms with Gasteiger partial charge in [0, 0.05) is 116 Å². The van der Waals surface area contributed by atoms with Crippen LogP contribution in [-0.4, -0.2) is 76.8 Å². The Bertz CT molecular complexity index is 7870. The molecular formula is C115H113N13O5. The third kappa shape index (κ3) is 13.7. The van der Waals surface area contributed by atoms with E-state index in [0.29, 0.717) is 23.0 Å². The summed E-state index contributed by atoms with van der Waals surface area (Å²) >= 11 is 0. The first-order valence-electron chi connectivity index (χ1n) is 51.9. The zero-order chi connectivity index (χ0) is 103. The van der Waals surface area contributed by atoms with Crippen LogP contribution < -0.4 is 49.0 Å². The van der Waals surface area contributed by atoms with Crippen LogP contribution in [-0.2, 0) is 0 Å². The average molecular weight is 1770 g/mol. The third-order valence-corrected chi connectivity index (χ3v) is 26.8. The molecule has 5 aliphatic heterocycles. The molecule has 0 spiro atoms. The third-order valence-electron chi connectivity index (χ3n) is 26.8. The van der Waals surface area contributed by atoms with E-state index in [-0.39, 0.29) is 12.3 Å². The summed E-state index contributed by atoms with van der Waals surface area (Å²) in [7, 11) is 0. The summed E-state index contributed by atoms with van der Waals surface area (Å²) in [5.41, 5.74) is 24.2. The maximum Gasteiger partial charge on any atom is 0.159 e. The molecule has 0 bridgehead atoms. The molecule has 25 rings (SSSR count). The van der Waals surface area contributed by atoms with Crippen molar-refractivity contribution in [3.8, 4) is 0 Å². The van der Waals surface area contributed by atoms with Crippen molar-refractivity contribution in [1.29, 1.82) is 0 Å². The van der Waals surface area contributed by atoms with Crippen molar-refractivity contribution >= 4 is 195 Å². The number of benzene rings is 12. The van der Waals surface area contributed by atoms with Gasteiger partial charge in [0.25, 0.3) is 0 Å². The van der Waals surface area contributed by atoms with Crippen LogP contribution in [0.3, 0.4) is 0 Å². The van der Waals surface area contributed by atoms with Crippen molar-refractivity contribution in [1.82, 2.24) is 15.0 Å². The minimum absolute atomic E-state index is 0.00223. The fourth-order valence-corrected chi connectivity index (χ4v) is 21.1. The molecule has 0 amide bonds. The van der Waals surface area contributed by atoms with E-state index in [1.807, 2.05) is 249 Å². The number of aromatic nitrogens is 3. The number of fused-ring (bicyclic) bond motifs is 20. The van der Waals surface area contributed by atoms with Crippen LogP contribution in [0, 0.1) is 34.6 Å². The molecule has 133 heavy (non-hydrogen) atoms. The van der Waals surface area contributed by atoms with Gasteiger partial charge in [-0.2, -0.15) is 0 Å². The summed E-state index contributed by atoms with van der Waals surface area (Å²) in [6, 6.07) is 83.1. The van der Waals surface area contributed by atoms with E-state index in [2.05, 4.69) is 147 Å². The largest absolute Gasteiger partial charge is 0.454 e. The second kappa shape index (κ2) is 33.5. The highest BCUT2D eigenvalue weighted by Gasteiger charge is 2.44. The van der Waals surface area contributed by atoms with E-state index in [9.17, 15) is 0 Å². The first-order chi connectivity index (χ1) is 69.4. The number of nitrogens with zero attached hydrogens (tertiary/aromatic N) is 13. The van der Waals surface area contributed by atoms with E-state index in [0.717, 1.165) is 200 Å². The van der Waals surface area contributed by atoms with Crippen molar-refractivity contribution in [2.24, 2.45) is 0 Å². The summed E-state index contributed by atoms with van der Waals surface area (Å²) in [6.07, 6.45) is 3.85. The van der Waals surface area contributed by atoms with Gasteiger partial charge in [0.2, 0.25) is 0 Å². The van der Waals surface area contributed by atoms with E-state index in [4.69, 9.17) is 44.9 Å². The number of pyridine rings is 3. The summed E-state index contributed by atoms with van der Waals surface area (Å²) in [5.74, 6) is 2.11. The van der Waals surface area contributed by atoms with Crippen molar-refractivity contribution in [2.45, 2.75) is 179 Å². The molecule has 5 aliphatic rings. The second-order valence-electron chi connectivity index (χ2n) is 35.5. The SMILES string of the molecule is [2H]C(C)(C)N1c2ccccc2N(c2c(C)ccc3c2oc2ccccc23)C1C.[2H]C(C)(C)N1c2cccnc2N(c2c(C)ccc3c2oc2ccccc23)C1C.[2H]C([2H])([2H])C([2H])(C)N1c2ccccc2N(c2c(C)ccc3c2oc2ccccc23)C1C.[2H]C([2H])([2H])C([2H])(C)N1c2cccnc2N(c2c(C)ccc3c2oc2ccccc23)C1C.[2H]C([2H])([2H])N1c2cccnc2N(c2c(C)ccc3c2oc2ccccc23)C1C. The zero-order valence-electron chi connectivity index (χ0n) is 90.4. The zero-order valence-corrected chi connectivity index (χ0v) is 77.4. The maximum absolute atomic E-state index is 8.81. The molecule has 20 aromatic rings. The fourth-order valence-electron chi connectivity index (χ4n) is 21.1. The first-order valence-corrected chi connectivity index (χ1v) is 45.4. The van der Waals surface area contributed by atoms with Gasteiger partial charge in [-0.3, -0.25) is 0 Å². The fraction of sp³-hybridized carbons (Fsp3) is 0.243. The molecule has 13 heterocycles. The Balaban J connectivity index is 0.000000107. The molecule has 0 saturated carbocycles. The van der Waals surface area contributed by atoms with Crippen molar-refractivity contribution in [3.63, 3.8) is 0 Å². The molecule has 0 radical (unpaired) electrons. The molecule has 18 heteroatoms. The van der Waals surface area contributed by atoms with Crippen LogP contribution in [0.25, 0.3) is 110 Å². The predicted molar refractivity (Wildman–Crippen MR) is 555 cm³/mol. The van der Waals surface area contributed by atoms with Crippen LogP contribution >= 0.6 is 0 Å². The van der Waals surface area contributed by atoms with E-state index >= 15 is 0 Å². The van der Waals surface area contributed by atoms with Gasteiger partial charge in [-0.1, -0.05) is 176 Å². The van der Waals surface area contributed by atoms with Gasteiger partial charge in [0.15, 0.2) is 45.4 Å². The van der Waals surface area contributed by atoms with Crippen LogP contribution in [0.4, 0.5) is 85.7 Å². The molecule has 0 aliphatic carbocycles. The normalized spacial score (nSPS) is 19.5. The standard InChI is InChI=1S/2C24H24N2O.2C23H23N3O.C21H19N3O/c2*1-15(2)25-17(4)26(21-11-7-6-10-20(21)25)23-16(3)13-14-19-18-9-5-8-12-22(18)27-24(19)23;2*1-14(2)25-16(4)26(23-19(25)9-7-13-24-23)21-15(3)11-12-18-17-8-5-6-10-20(17)27-22(18)21;1-13-10-11-16-15-7-4-5-9-18(15)25-20(16)19(13)24-14(2)23(3)17-8-6-12-22-21(17)24/h2*5-15,17H,1-4H3;2*5-14,16H,1-4H3;4-12,14H,1-3H3/i1D3,15D;15D;1D3,14D;14D;3D3. The Morgan fingerprint density at radius 3 is 0.782 bits per heavy atom. The van der Waals surface area contributed by atoms with Gasteiger partial charge in [-0.15, -0.1) is 0 Å². The molecule has 668 valence electrons. The van der Waals surface area contributed by atoms with Gasteiger partial charge < -0.3 is 71.1 Å². The predicted octanol–water partition coefficient (Wildman–Crippen LogP) is 30.4. The highest BCUT2D eigenvalue weighted by molar-refractivity contribution is 6.16. The minimum atomic E-state index is -2.51. The Hall–Kier alpha value is -14.9. The lowest BCUT2D eigenvalue weighted by Gasteiger charge is -2.33. The van der Waals surface area contributed by atoms with Gasteiger partial charge in [0.05, 0.1) is 73.7 Å². The van der Waals surface area contributed by atoms with Gasteiger partial charge >= 0.3 is 0 Å². The summed E-state index contributed by atoms with van der Waals surface area (Å²) in [4.78, 5) is 33.5. The monoisotopic (exact) mass is 1770 g/mol. The first kappa shape index (κ1) is 70.9. The van der Waals surface area contributed by atoms with Crippen molar-refractivity contribution < 1.29 is 39.9 Å². The molecular weight excluding hydrogens is 1640 g/mol. The summed E-state index contributed by atoms with van der Waals surface area (Å²) in [5, 5.41) is 10.6. The van der Waals surface area contributed by atoms with Crippen molar-refractivity contribution in [2.75, 3.05) is 56.0 Å². The van der Waals surface area contributed by atoms with Gasteiger partial charge in [0.1, 0.15) is 58.7 Å². The highest BCUT2D eigenvalue weighted by atomic mass is 16.3. The molecule has 0 N–H and O–H groups in total. The summed E-state index contributed by atoms with van der Waals surface area (Å²) < 4.78 is 139. The van der Waals surface area contributed by atoms with Crippen LogP contribution in [0.1, 0.15) is 136 Å². The number of anilines is 15. The van der Waals surface area contributed by atoms with Gasteiger partial charge in [-0.25, -0.2) is 15.0 Å². The molecule has 12 aromatic carbocycles. The van der Waals surface area contributed by atoms with Crippen LogP contribution in [0.15, 0.2) is 308 Å². The van der Waals surface area contributed by atoms with Crippen molar-refractivity contribution in [3.05, 3.63) is 313 Å². The molecule has 18 nitrogen and oxygen atoms in total. The van der Waals surface area contributed by atoms with E-state index in [1.165, 1.54) is 18.7 Å². The second-order valence-corrected chi connectivity index (χ2v) is 35.5. The number of hydrogen-bond donors (Lipinski definition) is 0. The minimum Gasteiger partial charge on any atom is -0.454 e. The number of rotatable bonds is 9. The number of para-hydroxylation sites is 9. The smallest absolute Gasteiger partial charge is 0.159 e. The lowest BCUT2D eigenvalue weighted by atomic mass is 10.1. The average Bonchev–Trinajstić information content (AvgIpc) is 1.59. The van der Waals surface area contributed by atoms with Crippen LogP contribution in [0.5, 0.6) is 0 Å². The highest BCUT2D eigenvalue weighted by Crippen LogP contribution is 2.56. The number of hydrogen-bond acceptors (Lipinski definition) is 18. The molecule has 8 aromatic heterocycles. The summed E-state index contributed by atoms with van der Waals surface area (Å²) in [6.45, 7) is 23.6. The maximum atomic E-state index is 8.81. The molecule has 7 unspecified atom stereocenters. The Morgan fingerprint density at radius 2 is 0.481 bits per heavy atom. The number of aryl methyl sites for hydroxylation is 5. The Kier molecular flexibility index (Phi) is 17.9. The molecule has 0 saturated heterocycles. The molecule has 7 atom stereocenters. The Morgan fingerprint density at radius 1 is 0.248 bits per heavy atom. The molecule has 0 fully saturated rings. The lowest BCUT2D eigenvalue weighted by Crippen LogP contribution is -2.42. The van der Waals surface area contributed by atoms with Gasteiger partial charge in [-0.05, 0) is 243 Å². The van der Waals surface area contributed by atoms with Crippen LogP contribution in [0.2, 0.25) is 0 Å². The topological polar surface area (TPSA) is 137 Å².